The first-order chi connectivity index (χ1) is 9.36. The quantitative estimate of drug-likeness (QED) is 0.883. The van der Waals surface area contributed by atoms with Crippen LogP contribution >= 0.6 is 0 Å². The SMILES string of the molecule is COc1ccc(C2CC(c3ccccc3)NN2)cc1. The third-order valence-corrected chi connectivity index (χ3v) is 3.62. The summed E-state index contributed by atoms with van der Waals surface area (Å²) >= 11 is 0. The lowest BCUT2D eigenvalue weighted by Gasteiger charge is -2.10. The molecule has 98 valence electrons. The highest BCUT2D eigenvalue weighted by molar-refractivity contribution is 5.30. The van der Waals surface area contributed by atoms with E-state index in [1.165, 1.54) is 11.1 Å². The highest BCUT2D eigenvalue weighted by atomic mass is 16.5. The van der Waals surface area contributed by atoms with Gasteiger partial charge < -0.3 is 4.74 Å². The first kappa shape index (κ1) is 12.2. The van der Waals surface area contributed by atoms with Gasteiger partial charge in [0.05, 0.1) is 7.11 Å². The smallest absolute Gasteiger partial charge is 0.118 e. The van der Waals surface area contributed by atoms with E-state index >= 15 is 0 Å². The third-order valence-electron chi connectivity index (χ3n) is 3.62. The molecule has 0 saturated carbocycles. The summed E-state index contributed by atoms with van der Waals surface area (Å²) in [6.07, 6.45) is 1.05. The molecule has 2 atom stereocenters. The Hall–Kier alpha value is -1.84. The third kappa shape index (κ3) is 2.62. The van der Waals surface area contributed by atoms with Gasteiger partial charge in [-0.3, -0.25) is 0 Å². The fraction of sp³-hybridized carbons (Fsp3) is 0.250. The lowest BCUT2D eigenvalue weighted by Crippen LogP contribution is -2.26. The first-order valence-corrected chi connectivity index (χ1v) is 6.57. The molecule has 3 nitrogen and oxygen atoms in total. The Morgan fingerprint density at radius 1 is 0.842 bits per heavy atom. The summed E-state index contributed by atoms with van der Waals surface area (Å²) in [5, 5.41) is 0. The van der Waals surface area contributed by atoms with Gasteiger partial charge in [-0.1, -0.05) is 42.5 Å². The highest BCUT2D eigenvalue weighted by Crippen LogP contribution is 2.31. The molecule has 0 aromatic heterocycles. The van der Waals surface area contributed by atoms with Crippen molar-refractivity contribution in [2.75, 3.05) is 7.11 Å². The van der Waals surface area contributed by atoms with Crippen LogP contribution in [0.3, 0.4) is 0 Å². The number of methoxy groups -OCH3 is 1. The zero-order valence-corrected chi connectivity index (χ0v) is 11.0. The molecule has 2 aromatic carbocycles. The second kappa shape index (κ2) is 5.43. The van der Waals surface area contributed by atoms with Crippen LogP contribution in [0, 0.1) is 0 Å². The predicted octanol–water partition coefficient (Wildman–Crippen LogP) is 2.98. The van der Waals surface area contributed by atoms with E-state index in [1.807, 2.05) is 18.2 Å². The summed E-state index contributed by atoms with van der Waals surface area (Å²) in [5.74, 6) is 0.898. The van der Waals surface area contributed by atoms with Gasteiger partial charge in [0.2, 0.25) is 0 Å². The lowest BCUT2D eigenvalue weighted by molar-refractivity contribution is 0.414. The van der Waals surface area contributed by atoms with Crippen LogP contribution in [0.2, 0.25) is 0 Å². The van der Waals surface area contributed by atoms with Crippen LogP contribution in [0.25, 0.3) is 0 Å². The molecule has 1 aliphatic rings. The maximum atomic E-state index is 5.19. The molecule has 2 unspecified atom stereocenters. The molecule has 19 heavy (non-hydrogen) atoms. The first-order valence-electron chi connectivity index (χ1n) is 6.57. The average Bonchev–Trinajstić information content (AvgIpc) is 2.98. The minimum absolute atomic E-state index is 0.344. The van der Waals surface area contributed by atoms with E-state index in [2.05, 4.69) is 47.2 Å². The van der Waals surface area contributed by atoms with E-state index in [4.69, 9.17) is 4.74 Å². The molecule has 0 bridgehead atoms. The second-order valence-electron chi connectivity index (χ2n) is 4.81. The number of hydrogen-bond donors (Lipinski definition) is 2. The van der Waals surface area contributed by atoms with Crippen LogP contribution in [0.5, 0.6) is 5.75 Å². The van der Waals surface area contributed by atoms with Crippen LogP contribution in [0.1, 0.15) is 29.6 Å². The van der Waals surface area contributed by atoms with Crippen molar-refractivity contribution < 1.29 is 4.74 Å². The summed E-state index contributed by atoms with van der Waals surface area (Å²) in [7, 11) is 1.69. The summed E-state index contributed by atoms with van der Waals surface area (Å²) in [5.41, 5.74) is 9.35. The average molecular weight is 254 g/mol. The summed E-state index contributed by atoms with van der Waals surface area (Å²) < 4.78 is 5.19. The van der Waals surface area contributed by atoms with E-state index in [-0.39, 0.29) is 0 Å². The van der Waals surface area contributed by atoms with Crippen LogP contribution in [-0.4, -0.2) is 7.11 Å². The Kier molecular flexibility index (Phi) is 3.49. The monoisotopic (exact) mass is 254 g/mol. The molecule has 1 fully saturated rings. The molecular weight excluding hydrogens is 236 g/mol. The van der Waals surface area contributed by atoms with Gasteiger partial charge in [0.1, 0.15) is 5.75 Å². The standard InChI is InChI=1S/C16H18N2O/c1-19-14-9-7-13(8-10-14)16-11-15(17-18-16)12-5-3-2-4-6-12/h2-10,15-18H,11H2,1H3. The fourth-order valence-electron chi connectivity index (χ4n) is 2.52. The van der Waals surface area contributed by atoms with Crippen molar-refractivity contribution in [1.29, 1.82) is 0 Å². The van der Waals surface area contributed by atoms with Crippen LogP contribution in [0.4, 0.5) is 0 Å². The van der Waals surface area contributed by atoms with Crippen molar-refractivity contribution in [3.63, 3.8) is 0 Å². The van der Waals surface area contributed by atoms with Gasteiger partial charge in [-0.15, -0.1) is 0 Å². The number of benzene rings is 2. The molecule has 1 heterocycles. The second-order valence-corrected chi connectivity index (χ2v) is 4.81. The molecule has 3 heteroatoms. The molecule has 1 saturated heterocycles. The molecule has 0 radical (unpaired) electrons. The Bertz CT molecular complexity index is 524. The number of ether oxygens (including phenoxy) is 1. The van der Waals surface area contributed by atoms with Crippen molar-refractivity contribution in [3.05, 3.63) is 65.7 Å². The van der Waals surface area contributed by atoms with E-state index < -0.39 is 0 Å². The van der Waals surface area contributed by atoms with E-state index in [0.717, 1.165) is 12.2 Å². The zero-order chi connectivity index (χ0) is 13.1. The van der Waals surface area contributed by atoms with Gasteiger partial charge in [0, 0.05) is 12.1 Å². The van der Waals surface area contributed by atoms with Gasteiger partial charge in [-0.25, -0.2) is 10.9 Å². The van der Waals surface area contributed by atoms with Crippen molar-refractivity contribution in [3.8, 4) is 5.75 Å². The summed E-state index contributed by atoms with van der Waals surface area (Å²) in [6, 6.07) is 19.5. The van der Waals surface area contributed by atoms with Crippen molar-refractivity contribution in [2.24, 2.45) is 0 Å². The molecule has 0 aliphatic carbocycles. The van der Waals surface area contributed by atoms with Crippen molar-refractivity contribution in [1.82, 2.24) is 10.9 Å². The summed E-state index contributed by atoms with van der Waals surface area (Å²) in [4.78, 5) is 0. The topological polar surface area (TPSA) is 33.3 Å². The molecule has 3 rings (SSSR count). The Balaban J connectivity index is 1.71. The van der Waals surface area contributed by atoms with E-state index in [0.29, 0.717) is 12.1 Å². The molecule has 2 aromatic rings. The minimum Gasteiger partial charge on any atom is -0.497 e. The van der Waals surface area contributed by atoms with Crippen molar-refractivity contribution in [2.45, 2.75) is 18.5 Å². The fourth-order valence-corrected chi connectivity index (χ4v) is 2.52. The van der Waals surface area contributed by atoms with Crippen LogP contribution < -0.4 is 15.6 Å². The number of hydrogen-bond acceptors (Lipinski definition) is 3. The number of rotatable bonds is 3. The molecule has 0 amide bonds. The minimum atomic E-state index is 0.344. The van der Waals surface area contributed by atoms with Crippen molar-refractivity contribution >= 4 is 0 Å². The highest BCUT2D eigenvalue weighted by Gasteiger charge is 2.25. The maximum Gasteiger partial charge on any atom is 0.118 e. The lowest BCUT2D eigenvalue weighted by atomic mass is 9.98. The number of nitrogens with one attached hydrogen (secondary N) is 2. The summed E-state index contributed by atoms with van der Waals surface area (Å²) in [6.45, 7) is 0. The Morgan fingerprint density at radius 2 is 1.42 bits per heavy atom. The molecule has 2 N–H and O–H groups in total. The van der Waals surface area contributed by atoms with Gasteiger partial charge in [0.15, 0.2) is 0 Å². The molecular formula is C16H18N2O. The van der Waals surface area contributed by atoms with E-state index in [9.17, 15) is 0 Å². The Labute approximate surface area is 113 Å². The Morgan fingerprint density at radius 3 is 2.00 bits per heavy atom. The van der Waals surface area contributed by atoms with Gasteiger partial charge >= 0.3 is 0 Å². The van der Waals surface area contributed by atoms with Gasteiger partial charge in [0.25, 0.3) is 0 Å². The van der Waals surface area contributed by atoms with Crippen LogP contribution in [-0.2, 0) is 0 Å². The van der Waals surface area contributed by atoms with Gasteiger partial charge in [-0.2, -0.15) is 0 Å². The van der Waals surface area contributed by atoms with Gasteiger partial charge in [-0.05, 0) is 29.7 Å². The van der Waals surface area contributed by atoms with E-state index in [1.54, 1.807) is 7.11 Å². The normalized spacial score (nSPS) is 22.4. The maximum absolute atomic E-state index is 5.19. The molecule has 1 aliphatic heterocycles. The number of hydrazine groups is 1. The zero-order valence-electron chi connectivity index (χ0n) is 11.0. The predicted molar refractivity (Wildman–Crippen MR) is 75.8 cm³/mol. The largest absolute Gasteiger partial charge is 0.497 e. The molecule has 0 spiro atoms. The van der Waals surface area contributed by atoms with Crippen LogP contribution in [0.15, 0.2) is 54.6 Å².